The minimum absolute atomic E-state index is 0.749. The lowest BCUT2D eigenvalue weighted by atomic mass is 10.2. The Labute approximate surface area is 109 Å². The van der Waals surface area contributed by atoms with Crippen LogP contribution in [0.5, 0.6) is 0 Å². The first kappa shape index (κ1) is 10.9. The van der Waals surface area contributed by atoms with Gasteiger partial charge in [-0.3, -0.25) is 4.98 Å². The molecular formula is C14H11N3S. The van der Waals surface area contributed by atoms with Crippen molar-refractivity contribution >= 4 is 17.0 Å². The first-order chi connectivity index (χ1) is 8.84. The predicted octanol–water partition coefficient (Wildman–Crippen LogP) is 3.45. The number of thiazole rings is 1. The highest BCUT2D eigenvalue weighted by Crippen LogP contribution is 2.31. The molecule has 18 heavy (non-hydrogen) atoms. The number of nitrogens with two attached hydrogens (primary N) is 1. The molecule has 3 nitrogen and oxygen atoms in total. The standard InChI is InChI=1S/C14H11N3S/c15-11-6-2-1-5-10(11)14-17-13(9-18-14)12-7-3-4-8-16-12/h1-9H,15H2. The molecular weight excluding hydrogens is 242 g/mol. The molecule has 2 N–H and O–H groups in total. The van der Waals surface area contributed by atoms with Crippen LogP contribution in [-0.2, 0) is 0 Å². The van der Waals surface area contributed by atoms with E-state index in [1.165, 1.54) is 0 Å². The number of benzene rings is 1. The number of rotatable bonds is 2. The van der Waals surface area contributed by atoms with Gasteiger partial charge in [-0.2, -0.15) is 0 Å². The summed E-state index contributed by atoms with van der Waals surface area (Å²) in [6.07, 6.45) is 1.77. The third kappa shape index (κ3) is 1.98. The molecule has 2 aromatic heterocycles. The van der Waals surface area contributed by atoms with Crippen molar-refractivity contribution < 1.29 is 0 Å². The first-order valence-corrected chi connectivity index (χ1v) is 6.44. The quantitative estimate of drug-likeness (QED) is 0.712. The number of aromatic nitrogens is 2. The molecule has 4 heteroatoms. The summed E-state index contributed by atoms with van der Waals surface area (Å²) in [5, 5.41) is 2.93. The van der Waals surface area contributed by atoms with E-state index in [0.717, 1.165) is 27.6 Å². The van der Waals surface area contributed by atoms with Crippen molar-refractivity contribution in [2.24, 2.45) is 0 Å². The fraction of sp³-hybridized carbons (Fsp3) is 0. The first-order valence-electron chi connectivity index (χ1n) is 5.56. The highest BCUT2D eigenvalue weighted by molar-refractivity contribution is 7.13. The molecule has 0 saturated carbocycles. The molecule has 0 spiro atoms. The summed E-state index contributed by atoms with van der Waals surface area (Å²) >= 11 is 1.58. The van der Waals surface area contributed by atoms with E-state index in [1.807, 2.05) is 47.8 Å². The zero-order chi connectivity index (χ0) is 12.4. The van der Waals surface area contributed by atoms with Crippen molar-refractivity contribution in [3.63, 3.8) is 0 Å². The van der Waals surface area contributed by atoms with Crippen LogP contribution in [0.15, 0.2) is 54.0 Å². The van der Waals surface area contributed by atoms with E-state index < -0.39 is 0 Å². The van der Waals surface area contributed by atoms with E-state index in [2.05, 4.69) is 9.97 Å². The van der Waals surface area contributed by atoms with Crippen molar-refractivity contribution in [1.82, 2.24) is 9.97 Å². The summed E-state index contributed by atoms with van der Waals surface area (Å²) in [5.74, 6) is 0. The van der Waals surface area contributed by atoms with E-state index in [1.54, 1.807) is 17.5 Å². The van der Waals surface area contributed by atoms with Crippen LogP contribution in [0.1, 0.15) is 0 Å². The van der Waals surface area contributed by atoms with Gasteiger partial charge in [0.2, 0.25) is 0 Å². The Balaban J connectivity index is 2.03. The Morgan fingerprint density at radius 3 is 2.56 bits per heavy atom. The van der Waals surface area contributed by atoms with E-state index in [-0.39, 0.29) is 0 Å². The molecule has 3 aromatic rings. The Hall–Kier alpha value is -2.20. The fourth-order valence-electron chi connectivity index (χ4n) is 1.72. The van der Waals surface area contributed by atoms with E-state index in [9.17, 15) is 0 Å². The maximum absolute atomic E-state index is 5.95. The number of para-hydroxylation sites is 1. The maximum atomic E-state index is 5.95. The van der Waals surface area contributed by atoms with Crippen LogP contribution < -0.4 is 5.73 Å². The van der Waals surface area contributed by atoms with Gasteiger partial charge >= 0.3 is 0 Å². The highest BCUT2D eigenvalue weighted by Gasteiger charge is 2.08. The van der Waals surface area contributed by atoms with E-state index >= 15 is 0 Å². The molecule has 3 rings (SSSR count). The minimum Gasteiger partial charge on any atom is -0.398 e. The largest absolute Gasteiger partial charge is 0.398 e. The minimum atomic E-state index is 0.749. The third-order valence-electron chi connectivity index (χ3n) is 2.62. The van der Waals surface area contributed by atoms with Crippen molar-refractivity contribution in [1.29, 1.82) is 0 Å². The number of nitrogens with zero attached hydrogens (tertiary/aromatic N) is 2. The van der Waals surface area contributed by atoms with Crippen LogP contribution >= 0.6 is 11.3 Å². The smallest absolute Gasteiger partial charge is 0.126 e. The molecule has 0 amide bonds. The molecule has 88 valence electrons. The van der Waals surface area contributed by atoms with Gasteiger partial charge < -0.3 is 5.73 Å². The summed E-state index contributed by atoms with van der Waals surface area (Å²) in [6.45, 7) is 0. The van der Waals surface area contributed by atoms with Crippen LogP contribution in [0, 0.1) is 0 Å². The van der Waals surface area contributed by atoms with Gasteiger partial charge in [-0.15, -0.1) is 11.3 Å². The maximum Gasteiger partial charge on any atom is 0.126 e. The summed E-state index contributed by atoms with van der Waals surface area (Å²) < 4.78 is 0. The fourth-order valence-corrected chi connectivity index (χ4v) is 2.58. The van der Waals surface area contributed by atoms with E-state index in [4.69, 9.17) is 5.73 Å². The summed E-state index contributed by atoms with van der Waals surface area (Å²) in [4.78, 5) is 8.88. The van der Waals surface area contributed by atoms with Gasteiger partial charge in [-0.25, -0.2) is 4.98 Å². The Morgan fingerprint density at radius 2 is 1.78 bits per heavy atom. The van der Waals surface area contributed by atoms with Gasteiger partial charge in [0.1, 0.15) is 10.7 Å². The second-order valence-corrected chi connectivity index (χ2v) is 4.70. The molecule has 0 unspecified atom stereocenters. The molecule has 0 atom stereocenters. The SMILES string of the molecule is Nc1ccccc1-c1nc(-c2ccccn2)cs1. The lowest BCUT2D eigenvalue weighted by Gasteiger charge is -2.00. The third-order valence-corrected chi connectivity index (χ3v) is 3.50. The Morgan fingerprint density at radius 1 is 0.944 bits per heavy atom. The van der Waals surface area contributed by atoms with Gasteiger partial charge in [-0.05, 0) is 24.3 Å². The van der Waals surface area contributed by atoms with Crippen LogP contribution in [-0.4, -0.2) is 9.97 Å². The van der Waals surface area contributed by atoms with Gasteiger partial charge in [0.25, 0.3) is 0 Å². The molecule has 0 aliphatic heterocycles. The highest BCUT2D eigenvalue weighted by atomic mass is 32.1. The molecule has 0 fully saturated rings. The monoisotopic (exact) mass is 253 g/mol. The summed E-state index contributed by atoms with van der Waals surface area (Å²) in [7, 11) is 0. The van der Waals surface area contributed by atoms with Gasteiger partial charge in [0, 0.05) is 22.8 Å². The number of nitrogen functional groups attached to an aromatic ring is 1. The molecule has 0 radical (unpaired) electrons. The number of hydrogen-bond acceptors (Lipinski definition) is 4. The second-order valence-electron chi connectivity index (χ2n) is 3.84. The molecule has 0 aliphatic rings. The van der Waals surface area contributed by atoms with Crippen molar-refractivity contribution in [3.8, 4) is 22.0 Å². The average Bonchev–Trinajstić information content (AvgIpc) is 2.90. The zero-order valence-electron chi connectivity index (χ0n) is 9.58. The topological polar surface area (TPSA) is 51.8 Å². The molecule has 0 saturated heterocycles. The van der Waals surface area contributed by atoms with Gasteiger partial charge in [0.05, 0.1) is 5.69 Å². The average molecular weight is 253 g/mol. The van der Waals surface area contributed by atoms with E-state index in [0.29, 0.717) is 0 Å². The predicted molar refractivity (Wildman–Crippen MR) is 75.2 cm³/mol. The number of hydrogen-bond donors (Lipinski definition) is 1. The summed E-state index contributed by atoms with van der Waals surface area (Å²) in [6, 6.07) is 13.6. The molecule has 0 bridgehead atoms. The molecule has 2 heterocycles. The zero-order valence-corrected chi connectivity index (χ0v) is 10.4. The van der Waals surface area contributed by atoms with Crippen LogP contribution in [0.2, 0.25) is 0 Å². The number of pyridine rings is 1. The Bertz CT molecular complexity index is 662. The Kier molecular flexibility index (Phi) is 2.78. The van der Waals surface area contributed by atoms with Crippen LogP contribution in [0.25, 0.3) is 22.0 Å². The van der Waals surface area contributed by atoms with Crippen LogP contribution in [0.3, 0.4) is 0 Å². The lowest BCUT2D eigenvalue weighted by molar-refractivity contribution is 1.28. The lowest BCUT2D eigenvalue weighted by Crippen LogP contribution is -1.89. The van der Waals surface area contributed by atoms with Crippen molar-refractivity contribution in [2.75, 3.05) is 5.73 Å². The van der Waals surface area contributed by atoms with Gasteiger partial charge in [0.15, 0.2) is 0 Å². The molecule has 0 aliphatic carbocycles. The molecule has 1 aromatic carbocycles. The second kappa shape index (κ2) is 4.58. The normalized spacial score (nSPS) is 10.4. The summed E-state index contributed by atoms with van der Waals surface area (Å²) in [5.41, 5.74) is 9.45. The number of anilines is 1. The van der Waals surface area contributed by atoms with Crippen molar-refractivity contribution in [3.05, 3.63) is 54.0 Å². The van der Waals surface area contributed by atoms with Crippen molar-refractivity contribution in [2.45, 2.75) is 0 Å². The van der Waals surface area contributed by atoms with Crippen LogP contribution in [0.4, 0.5) is 5.69 Å². The van der Waals surface area contributed by atoms with Gasteiger partial charge in [-0.1, -0.05) is 18.2 Å².